The number of aryl methyl sites for hydroxylation is 1. The van der Waals surface area contributed by atoms with Gasteiger partial charge in [-0.2, -0.15) is 4.99 Å². The number of hydrogen-bond acceptors (Lipinski definition) is 9. The van der Waals surface area contributed by atoms with E-state index in [9.17, 15) is 14.9 Å². The fourth-order valence-corrected chi connectivity index (χ4v) is 5.14. The Bertz CT molecular complexity index is 1510. The number of rotatable bonds is 5. The second-order valence-electron chi connectivity index (χ2n) is 7.21. The summed E-state index contributed by atoms with van der Waals surface area (Å²) < 4.78 is 5.88. The second kappa shape index (κ2) is 9.45. The quantitative estimate of drug-likeness (QED) is 0.167. The largest absolute Gasteiger partial charge is 0.457 e. The topological polar surface area (TPSA) is 115 Å². The molecule has 0 N–H and O–H groups in total. The van der Waals surface area contributed by atoms with E-state index >= 15 is 0 Å². The van der Waals surface area contributed by atoms with Crippen LogP contribution in [-0.2, 0) is 4.79 Å². The van der Waals surface area contributed by atoms with E-state index in [4.69, 9.17) is 16.0 Å². The molecule has 0 saturated carbocycles. The third kappa shape index (κ3) is 4.74. The molecule has 0 radical (unpaired) electrons. The van der Waals surface area contributed by atoms with Crippen LogP contribution in [-0.4, -0.2) is 26.2 Å². The summed E-state index contributed by atoms with van der Waals surface area (Å²) in [7, 11) is 0. The van der Waals surface area contributed by atoms with Crippen molar-refractivity contribution in [1.29, 1.82) is 0 Å². The van der Waals surface area contributed by atoms with Gasteiger partial charge in [0.25, 0.3) is 11.6 Å². The molecule has 2 aromatic carbocycles. The zero-order chi connectivity index (χ0) is 24.5. The molecule has 3 heterocycles. The molecule has 1 aliphatic heterocycles. The summed E-state index contributed by atoms with van der Waals surface area (Å²) >= 11 is 8.75. The van der Waals surface area contributed by atoms with Gasteiger partial charge in [-0.25, -0.2) is 0 Å². The first-order valence-corrected chi connectivity index (χ1v) is 12.1. The van der Waals surface area contributed by atoms with Crippen molar-refractivity contribution in [3.05, 3.63) is 91.5 Å². The first-order chi connectivity index (χ1) is 16.9. The molecule has 35 heavy (non-hydrogen) atoms. The molecule has 4 aromatic rings. The average Bonchev–Trinajstić information content (AvgIpc) is 3.54. The molecule has 2 aromatic heterocycles. The minimum atomic E-state index is -0.517. The Labute approximate surface area is 211 Å². The van der Waals surface area contributed by atoms with E-state index in [0.717, 1.165) is 5.01 Å². The molecule has 0 spiro atoms. The van der Waals surface area contributed by atoms with Crippen molar-refractivity contribution in [2.24, 2.45) is 4.99 Å². The normalized spacial score (nSPS) is 15.9. The highest BCUT2D eigenvalue weighted by molar-refractivity contribution is 8.19. The maximum absolute atomic E-state index is 13.3. The van der Waals surface area contributed by atoms with Crippen molar-refractivity contribution < 1.29 is 14.1 Å². The lowest BCUT2D eigenvalue weighted by atomic mass is 10.1. The molecule has 0 unspecified atom stereocenters. The standard InChI is InChI=1S/C23H14ClN5O4S2/c1-13-26-27-22(34-13)25-23-28(14-5-3-2-4-6-14)21(30)20(35-23)12-16-8-10-19(33-16)17-9-7-15(29(31)32)11-18(17)24/h2-12H,1H3/b20-12+,25-23+. The molecular weight excluding hydrogens is 510 g/mol. The smallest absolute Gasteiger partial charge is 0.271 e. The number of carbonyl (C=O) groups is 1. The predicted octanol–water partition coefficient (Wildman–Crippen LogP) is 6.48. The Morgan fingerprint density at radius 1 is 1.14 bits per heavy atom. The third-order valence-corrected chi connectivity index (χ3v) is 6.87. The molecule has 0 aliphatic carbocycles. The number of carbonyl (C=O) groups excluding carboxylic acids is 1. The molecule has 1 saturated heterocycles. The Morgan fingerprint density at radius 3 is 2.63 bits per heavy atom. The number of anilines is 1. The lowest BCUT2D eigenvalue weighted by Crippen LogP contribution is -2.28. The van der Waals surface area contributed by atoms with Gasteiger partial charge in [0, 0.05) is 23.8 Å². The molecule has 5 rings (SSSR count). The number of non-ortho nitro benzene ring substituents is 1. The number of amidine groups is 1. The molecule has 174 valence electrons. The van der Waals surface area contributed by atoms with Crippen molar-refractivity contribution in [2.75, 3.05) is 4.90 Å². The summed E-state index contributed by atoms with van der Waals surface area (Å²) in [6, 6.07) is 16.7. The van der Waals surface area contributed by atoms with Crippen molar-refractivity contribution in [3.63, 3.8) is 0 Å². The minimum Gasteiger partial charge on any atom is -0.457 e. The van der Waals surface area contributed by atoms with Crippen molar-refractivity contribution in [2.45, 2.75) is 6.92 Å². The van der Waals surface area contributed by atoms with Crippen LogP contribution in [0.25, 0.3) is 17.4 Å². The summed E-state index contributed by atoms with van der Waals surface area (Å²) in [5.74, 6) is 0.587. The van der Waals surface area contributed by atoms with E-state index in [2.05, 4.69) is 15.2 Å². The van der Waals surface area contributed by atoms with Crippen LogP contribution >= 0.6 is 34.7 Å². The average molecular weight is 524 g/mol. The number of halogens is 1. The van der Waals surface area contributed by atoms with Crippen LogP contribution in [0.1, 0.15) is 10.8 Å². The molecule has 0 bridgehead atoms. The van der Waals surface area contributed by atoms with Gasteiger partial charge < -0.3 is 4.42 Å². The highest BCUT2D eigenvalue weighted by Crippen LogP contribution is 2.39. The Morgan fingerprint density at radius 2 is 1.94 bits per heavy atom. The number of benzene rings is 2. The minimum absolute atomic E-state index is 0.112. The third-order valence-electron chi connectivity index (χ3n) is 4.86. The first-order valence-electron chi connectivity index (χ1n) is 10.1. The Hall–Kier alpha value is -3.80. The SMILES string of the molecule is Cc1nnc(/N=C2/S/C(=C/c3ccc(-c4ccc([N+](=O)[O-])cc4Cl)o3)C(=O)N2c2ccccc2)s1. The zero-order valence-electron chi connectivity index (χ0n) is 17.9. The molecule has 0 atom stereocenters. The summed E-state index contributed by atoms with van der Waals surface area (Å²) in [5, 5.41) is 20.9. The number of para-hydroxylation sites is 1. The van der Waals surface area contributed by atoms with Crippen molar-refractivity contribution >= 4 is 68.4 Å². The molecule has 1 fully saturated rings. The van der Waals surface area contributed by atoms with Crippen LogP contribution in [0.5, 0.6) is 0 Å². The van der Waals surface area contributed by atoms with Crippen LogP contribution < -0.4 is 4.90 Å². The maximum atomic E-state index is 13.3. The first kappa shape index (κ1) is 23.0. The number of aliphatic imine (C=N–C) groups is 1. The van der Waals surface area contributed by atoms with Gasteiger partial charge in [-0.05, 0) is 49.0 Å². The van der Waals surface area contributed by atoms with Gasteiger partial charge in [-0.15, -0.1) is 10.2 Å². The van der Waals surface area contributed by atoms with E-state index < -0.39 is 4.92 Å². The molecule has 9 nitrogen and oxygen atoms in total. The van der Waals surface area contributed by atoms with Crippen LogP contribution in [0.3, 0.4) is 0 Å². The lowest BCUT2D eigenvalue weighted by molar-refractivity contribution is -0.384. The second-order valence-corrected chi connectivity index (χ2v) is 9.78. The molecule has 12 heteroatoms. The maximum Gasteiger partial charge on any atom is 0.271 e. The van der Waals surface area contributed by atoms with Gasteiger partial charge in [0.15, 0.2) is 5.17 Å². The summed E-state index contributed by atoms with van der Waals surface area (Å²) in [6.07, 6.45) is 1.62. The van der Waals surface area contributed by atoms with E-state index in [1.807, 2.05) is 37.3 Å². The van der Waals surface area contributed by atoms with Crippen LogP contribution in [0.15, 0.2) is 75.0 Å². The van der Waals surface area contributed by atoms with Gasteiger partial charge in [0.2, 0.25) is 5.13 Å². The van der Waals surface area contributed by atoms with E-state index in [0.29, 0.717) is 38.0 Å². The molecule has 1 amide bonds. The summed E-state index contributed by atoms with van der Waals surface area (Å²) in [4.78, 5) is 30.3. The zero-order valence-corrected chi connectivity index (χ0v) is 20.3. The van der Waals surface area contributed by atoms with E-state index in [-0.39, 0.29) is 16.6 Å². The van der Waals surface area contributed by atoms with E-state index in [1.54, 1.807) is 18.2 Å². The number of hydrogen-bond donors (Lipinski definition) is 0. The lowest BCUT2D eigenvalue weighted by Gasteiger charge is -2.14. The highest BCUT2D eigenvalue weighted by Gasteiger charge is 2.35. The van der Waals surface area contributed by atoms with Crippen molar-refractivity contribution in [3.8, 4) is 11.3 Å². The molecule has 1 aliphatic rings. The number of amides is 1. The molecular formula is C23H14ClN5O4S2. The Kier molecular flexibility index (Phi) is 6.20. The van der Waals surface area contributed by atoms with Gasteiger partial charge in [0.05, 0.1) is 20.5 Å². The van der Waals surface area contributed by atoms with Crippen LogP contribution in [0.2, 0.25) is 5.02 Å². The highest BCUT2D eigenvalue weighted by atomic mass is 35.5. The van der Waals surface area contributed by atoms with Gasteiger partial charge in [0.1, 0.15) is 16.5 Å². The van der Waals surface area contributed by atoms with E-state index in [1.165, 1.54) is 46.2 Å². The summed E-state index contributed by atoms with van der Waals surface area (Å²) in [6.45, 7) is 1.83. The monoisotopic (exact) mass is 523 g/mol. The number of furan rings is 1. The predicted molar refractivity (Wildman–Crippen MR) is 137 cm³/mol. The van der Waals surface area contributed by atoms with Crippen LogP contribution in [0, 0.1) is 17.0 Å². The number of nitro groups is 1. The van der Waals surface area contributed by atoms with Crippen LogP contribution in [0.4, 0.5) is 16.5 Å². The Balaban J connectivity index is 1.48. The number of aromatic nitrogens is 2. The number of nitro benzene ring substituents is 1. The van der Waals surface area contributed by atoms with Gasteiger partial charge in [-0.3, -0.25) is 19.8 Å². The fraction of sp³-hybridized carbons (Fsp3) is 0.0435. The van der Waals surface area contributed by atoms with Crippen molar-refractivity contribution in [1.82, 2.24) is 10.2 Å². The summed E-state index contributed by atoms with van der Waals surface area (Å²) in [5.41, 5.74) is 1.07. The number of thioether (sulfide) groups is 1. The van der Waals surface area contributed by atoms with Gasteiger partial charge >= 0.3 is 0 Å². The number of nitrogens with zero attached hydrogens (tertiary/aromatic N) is 5. The fourth-order valence-electron chi connectivity index (χ4n) is 3.29. The van der Waals surface area contributed by atoms with Gasteiger partial charge in [-0.1, -0.05) is 41.1 Å².